The van der Waals surface area contributed by atoms with Crippen molar-refractivity contribution < 1.29 is 14.4 Å². The van der Waals surface area contributed by atoms with Gasteiger partial charge < -0.3 is 15.0 Å². The summed E-state index contributed by atoms with van der Waals surface area (Å²) in [5.74, 6) is -0.0595. The first-order valence-corrected chi connectivity index (χ1v) is 7.81. The molecule has 0 aliphatic rings. The fraction of sp³-hybridized carbons (Fsp3) is 0.316. The first kappa shape index (κ1) is 17.2. The Morgan fingerprint density at radius 3 is 2.09 bits per heavy atom. The van der Waals surface area contributed by atoms with Crippen LogP contribution in [0.25, 0.3) is 0 Å². The topological polar surface area (TPSA) is 42.8 Å². The Morgan fingerprint density at radius 2 is 1.52 bits per heavy atom. The molecule has 0 aromatic heterocycles. The Kier molecular flexibility index (Phi) is 6.32. The van der Waals surface area contributed by atoms with E-state index in [1.165, 1.54) is 10.5 Å². The van der Waals surface area contributed by atoms with Crippen LogP contribution in [0, 0.1) is 0 Å². The number of hydrogen-bond donors (Lipinski definition) is 2. The molecule has 0 fully saturated rings. The molecule has 23 heavy (non-hydrogen) atoms. The molecular weight excluding hydrogens is 288 g/mol. The monoisotopic (exact) mass is 313 g/mol. The fourth-order valence-corrected chi connectivity index (χ4v) is 2.39. The van der Waals surface area contributed by atoms with Crippen molar-refractivity contribution in [3.8, 4) is 0 Å². The number of amides is 1. The highest BCUT2D eigenvalue weighted by molar-refractivity contribution is 5.94. The maximum Gasteiger partial charge on any atom is 0.251 e. The second-order valence-corrected chi connectivity index (χ2v) is 6.01. The Bertz CT molecular complexity index is 619. The lowest BCUT2D eigenvalue weighted by molar-refractivity contribution is -0.872. The van der Waals surface area contributed by atoms with Gasteiger partial charge >= 0.3 is 0 Å². The van der Waals surface area contributed by atoms with Crippen LogP contribution in [0.15, 0.2) is 48.5 Å². The number of hydrogen-bond acceptors (Lipinski definition) is 2. The van der Waals surface area contributed by atoms with Gasteiger partial charge in [-0.25, -0.2) is 0 Å². The van der Waals surface area contributed by atoms with Gasteiger partial charge in [-0.05, 0) is 23.3 Å². The van der Waals surface area contributed by atoms with Crippen LogP contribution >= 0.6 is 0 Å². The molecule has 0 heterocycles. The van der Waals surface area contributed by atoms with E-state index >= 15 is 0 Å². The molecule has 0 aliphatic heterocycles. The molecule has 0 saturated carbocycles. The van der Waals surface area contributed by atoms with Gasteiger partial charge in [0.15, 0.2) is 0 Å². The summed E-state index contributed by atoms with van der Waals surface area (Å²) in [6, 6.07) is 15.9. The van der Waals surface area contributed by atoms with Crippen molar-refractivity contribution >= 4 is 5.91 Å². The van der Waals surface area contributed by atoms with E-state index in [9.17, 15) is 4.79 Å². The van der Waals surface area contributed by atoms with E-state index in [0.29, 0.717) is 18.7 Å². The SMILES string of the molecule is COCc1ccc(C(=O)NCc2ccc(C[NH+](C)C)cc2)cc1. The van der Waals surface area contributed by atoms with Gasteiger partial charge in [0.05, 0.1) is 20.7 Å². The quantitative estimate of drug-likeness (QED) is 0.812. The highest BCUT2D eigenvalue weighted by atomic mass is 16.5. The van der Waals surface area contributed by atoms with Crippen molar-refractivity contribution in [3.05, 3.63) is 70.8 Å². The highest BCUT2D eigenvalue weighted by Crippen LogP contribution is 2.07. The molecule has 0 spiro atoms. The summed E-state index contributed by atoms with van der Waals surface area (Å²) in [6.07, 6.45) is 0. The van der Waals surface area contributed by atoms with Gasteiger partial charge in [-0.15, -0.1) is 0 Å². The Balaban J connectivity index is 1.88. The second-order valence-electron chi connectivity index (χ2n) is 6.01. The molecule has 0 unspecified atom stereocenters. The van der Waals surface area contributed by atoms with Gasteiger partial charge in [-0.2, -0.15) is 0 Å². The number of carbonyl (C=O) groups is 1. The van der Waals surface area contributed by atoms with Gasteiger partial charge in [-0.3, -0.25) is 4.79 Å². The smallest absolute Gasteiger partial charge is 0.251 e. The summed E-state index contributed by atoms with van der Waals surface area (Å²) in [5.41, 5.74) is 4.13. The van der Waals surface area contributed by atoms with Crippen LogP contribution in [0.4, 0.5) is 0 Å². The van der Waals surface area contributed by atoms with Gasteiger partial charge in [0.2, 0.25) is 0 Å². The number of methoxy groups -OCH3 is 1. The summed E-state index contributed by atoms with van der Waals surface area (Å²) >= 11 is 0. The number of rotatable bonds is 7. The molecule has 0 aliphatic carbocycles. The molecule has 4 heteroatoms. The van der Waals surface area contributed by atoms with Crippen LogP contribution in [0.1, 0.15) is 27.0 Å². The third kappa shape index (κ3) is 5.51. The lowest BCUT2D eigenvalue weighted by Gasteiger charge is -2.09. The van der Waals surface area contributed by atoms with Crippen LogP contribution in [-0.4, -0.2) is 27.1 Å². The molecule has 2 aromatic carbocycles. The van der Waals surface area contributed by atoms with Crippen molar-refractivity contribution in [2.75, 3.05) is 21.2 Å². The molecular formula is C19H25N2O2+. The van der Waals surface area contributed by atoms with Gasteiger partial charge in [0.1, 0.15) is 6.54 Å². The molecule has 0 atom stereocenters. The van der Waals surface area contributed by atoms with E-state index in [1.54, 1.807) is 7.11 Å². The zero-order chi connectivity index (χ0) is 16.7. The summed E-state index contributed by atoms with van der Waals surface area (Å²) in [5, 5.41) is 2.95. The normalized spacial score (nSPS) is 10.8. The predicted octanol–water partition coefficient (Wildman–Crippen LogP) is 1.41. The molecule has 1 amide bonds. The molecule has 0 saturated heterocycles. The number of nitrogens with one attached hydrogen (secondary N) is 2. The van der Waals surface area contributed by atoms with Crippen LogP contribution in [-0.2, 0) is 24.4 Å². The van der Waals surface area contributed by atoms with Gasteiger partial charge in [0, 0.05) is 24.8 Å². The minimum absolute atomic E-state index is 0.0595. The Hall–Kier alpha value is -2.17. The molecule has 0 bridgehead atoms. The minimum Gasteiger partial charge on any atom is -0.380 e. The van der Waals surface area contributed by atoms with E-state index in [2.05, 4.69) is 43.7 Å². The standard InChI is InChI=1S/C19H24N2O2/c1-21(2)13-16-6-4-15(5-7-16)12-20-19(22)18-10-8-17(9-11-18)14-23-3/h4-11H,12-14H2,1-3H3,(H,20,22)/p+1. The number of ether oxygens (including phenoxy) is 1. The zero-order valence-electron chi connectivity index (χ0n) is 14.1. The third-order valence-electron chi connectivity index (χ3n) is 3.56. The molecule has 122 valence electrons. The van der Waals surface area contributed by atoms with Crippen molar-refractivity contribution in [3.63, 3.8) is 0 Å². The van der Waals surface area contributed by atoms with Crippen LogP contribution in [0.5, 0.6) is 0 Å². The maximum absolute atomic E-state index is 12.2. The number of quaternary nitrogens is 1. The van der Waals surface area contributed by atoms with E-state index in [1.807, 2.05) is 24.3 Å². The summed E-state index contributed by atoms with van der Waals surface area (Å²) in [4.78, 5) is 13.5. The van der Waals surface area contributed by atoms with Crippen molar-refractivity contribution in [2.24, 2.45) is 0 Å². The number of benzene rings is 2. The van der Waals surface area contributed by atoms with Crippen LogP contribution < -0.4 is 10.2 Å². The average molecular weight is 313 g/mol. The first-order valence-electron chi connectivity index (χ1n) is 7.81. The van der Waals surface area contributed by atoms with Crippen LogP contribution in [0.3, 0.4) is 0 Å². The van der Waals surface area contributed by atoms with E-state index in [0.717, 1.165) is 17.7 Å². The van der Waals surface area contributed by atoms with E-state index in [4.69, 9.17) is 4.74 Å². The van der Waals surface area contributed by atoms with Crippen LogP contribution in [0.2, 0.25) is 0 Å². The second kappa shape index (κ2) is 8.46. The predicted molar refractivity (Wildman–Crippen MR) is 91.3 cm³/mol. The van der Waals surface area contributed by atoms with Crippen molar-refractivity contribution in [1.82, 2.24) is 5.32 Å². The Labute approximate surface area is 138 Å². The van der Waals surface area contributed by atoms with Gasteiger partial charge in [0.25, 0.3) is 5.91 Å². The highest BCUT2D eigenvalue weighted by Gasteiger charge is 2.05. The lowest BCUT2D eigenvalue weighted by atomic mass is 10.1. The minimum atomic E-state index is -0.0595. The number of carbonyl (C=O) groups excluding carboxylic acids is 1. The first-order chi connectivity index (χ1) is 11.1. The van der Waals surface area contributed by atoms with E-state index in [-0.39, 0.29) is 5.91 Å². The van der Waals surface area contributed by atoms with Crippen molar-refractivity contribution in [2.45, 2.75) is 19.7 Å². The molecule has 2 aromatic rings. The average Bonchev–Trinajstić information content (AvgIpc) is 2.54. The summed E-state index contributed by atoms with van der Waals surface area (Å²) in [7, 11) is 5.92. The molecule has 0 radical (unpaired) electrons. The third-order valence-corrected chi connectivity index (χ3v) is 3.56. The fourth-order valence-electron chi connectivity index (χ4n) is 2.39. The maximum atomic E-state index is 12.2. The summed E-state index contributed by atoms with van der Waals surface area (Å²) in [6.45, 7) is 2.09. The molecule has 2 N–H and O–H groups in total. The summed E-state index contributed by atoms with van der Waals surface area (Å²) < 4.78 is 5.07. The van der Waals surface area contributed by atoms with Gasteiger partial charge in [-0.1, -0.05) is 36.4 Å². The lowest BCUT2D eigenvalue weighted by Crippen LogP contribution is -3.04. The largest absolute Gasteiger partial charge is 0.380 e. The molecule has 4 nitrogen and oxygen atoms in total. The van der Waals surface area contributed by atoms with Crippen molar-refractivity contribution in [1.29, 1.82) is 0 Å². The zero-order valence-corrected chi connectivity index (χ0v) is 14.1. The Morgan fingerprint density at radius 1 is 0.957 bits per heavy atom. The van der Waals surface area contributed by atoms with E-state index < -0.39 is 0 Å². The molecule has 2 rings (SSSR count).